The molecular formula is C12H15N3O4S. The smallest absolute Gasteiger partial charge is 0.278 e. The second kappa shape index (κ2) is 5.83. The highest BCUT2D eigenvalue weighted by molar-refractivity contribution is 7.92. The zero-order valence-corrected chi connectivity index (χ0v) is 11.9. The maximum absolute atomic E-state index is 12.0. The van der Waals surface area contributed by atoms with Crippen LogP contribution in [0.2, 0.25) is 0 Å². The van der Waals surface area contributed by atoms with Crippen molar-refractivity contribution >= 4 is 15.7 Å². The van der Waals surface area contributed by atoms with Crippen molar-refractivity contribution in [2.75, 3.05) is 18.4 Å². The van der Waals surface area contributed by atoms with Crippen molar-refractivity contribution in [3.05, 3.63) is 30.7 Å². The Balaban J connectivity index is 2.26. The van der Waals surface area contributed by atoms with E-state index in [1.807, 2.05) is 6.92 Å². The molecule has 0 unspecified atom stereocenters. The summed E-state index contributed by atoms with van der Waals surface area (Å²) in [5.41, 5.74) is 0.375. The third-order valence-electron chi connectivity index (χ3n) is 2.48. The number of sulfonamides is 1. The zero-order valence-electron chi connectivity index (χ0n) is 11.1. The van der Waals surface area contributed by atoms with Gasteiger partial charge in [0.1, 0.15) is 0 Å². The molecule has 8 heteroatoms. The SMILES string of the molecule is CCOc1ccc(NS(=O)(=O)c2cnc[nH]2)cc1OC. The first-order chi connectivity index (χ1) is 9.56. The van der Waals surface area contributed by atoms with E-state index in [1.165, 1.54) is 19.6 Å². The van der Waals surface area contributed by atoms with Gasteiger partial charge in [0.15, 0.2) is 16.5 Å². The number of rotatable bonds is 6. The van der Waals surface area contributed by atoms with Gasteiger partial charge in [0.05, 0.1) is 31.9 Å². The van der Waals surface area contributed by atoms with Crippen LogP contribution in [-0.2, 0) is 10.0 Å². The van der Waals surface area contributed by atoms with Gasteiger partial charge in [0.25, 0.3) is 10.0 Å². The van der Waals surface area contributed by atoms with E-state index >= 15 is 0 Å². The number of aromatic amines is 1. The number of hydrogen-bond acceptors (Lipinski definition) is 5. The van der Waals surface area contributed by atoms with Crippen molar-refractivity contribution in [1.82, 2.24) is 9.97 Å². The van der Waals surface area contributed by atoms with Gasteiger partial charge in [0, 0.05) is 6.07 Å². The predicted molar refractivity (Wildman–Crippen MR) is 73.6 cm³/mol. The molecule has 1 aromatic heterocycles. The summed E-state index contributed by atoms with van der Waals surface area (Å²) in [6.45, 7) is 2.35. The molecule has 0 fully saturated rings. The number of ether oxygens (including phenoxy) is 2. The fourth-order valence-corrected chi connectivity index (χ4v) is 2.56. The summed E-state index contributed by atoms with van der Waals surface area (Å²) < 4.78 is 37.0. The first kappa shape index (κ1) is 14.2. The Morgan fingerprint density at radius 3 is 2.75 bits per heavy atom. The molecule has 7 nitrogen and oxygen atoms in total. The van der Waals surface area contributed by atoms with E-state index in [0.717, 1.165) is 0 Å². The number of nitrogens with one attached hydrogen (secondary N) is 2. The van der Waals surface area contributed by atoms with E-state index in [9.17, 15) is 8.42 Å². The summed E-state index contributed by atoms with van der Waals surface area (Å²) in [6.07, 6.45) is 2.53. The minimum Gasteiger partial charge on any atom is -0.493 e. The molecule has 0 spiro atoms. The highest BCUT2D eigenvalue weighted by Gasteiger charge is 2.16. The maximum atomic E-state index is 12.0. The van der Waals surface area contributed by atoms with E-state index < -0.39 is 10.0 Å². The zero-order chi connectivity index (χ0) is 14.6. The molecule has 1 heterocycles. The summed E-state index contributed by atoms with van der Waals surface area (Å²) in [4.78, 5) is 6.22. The molecule has 20 heavy (non-hydrogen) atoms. The quantitative estimate of drug-likeness (QED) is 0.845. The Morgan fingerprint density at radius 1 is 1.35 bits per heavy atom. The minimum atomic E-state index is -3.68. The van der Waals surface area contributed by atoms with Crippen molar-refractivity contribution in [3.63, 3.8) is 0 Å². The molecule has 2 rings (SSSR count). The summed E-state index contributed by atoms with van der Waals surface area (Å²) in [5, 5.41) is -0.00893. The monoisotopic (exact) mass is 297 g/mol. The summed E-state index contributed by atoms with van der Waals surface area (Å²) in [7, 11) is -2.19. The van der Waals surface area contributed by atoms with Crippen molar-refractivity contribution in [3.8, 4) is 11.5 Å². The van der Waals surface area contributed by atoms with Crippen LogP contribution in [0, 0.1) is 0 Å². The van der Waals surface area contributed by atoms with Crippen molar-refractivity contribution in [2.24, 2.45) is 0 Å². The van der Waals surface area contributed by atoms with Crippen LogP contribution in [0.4, 0.5) is 5.69 Å². The van der Waals surface area contributed by atoms with Crippen LogP contribution in [0.1, 0.15) is 6.92 Å². The first-order valence-corrected chi connectivity index (χ1v) is 7.37. The van der Waals surface area contributed by atoms with Crippen LogP contribution in [0.25, 0.3) is 0 Å². The van der Waals surface area contributed by atoms with Gasteiger partial charge in [0.2, 0.25) is 0 Å². The normalized spacial score (nSPS) is 11.1. The number of methoxy groups -OCH3 is 1. The minimum absolute atomic E-state index is 0.00893. The van der Waals surface area contributed by atoms with Gasteiger partial charge in [-0.1, -0.05) is 0 Å². The lowest BCUT2D eigenvalue weighted by atomic mass is 10.3. The van der Waals surface area contributed by atoms with Crippen molar-refractivity contribution < 1.29 is 17.9 Å². The Labute approximate surface area is 117 Å². The molecule has 0 aliphatic rings. The Morgan fingerprint density at radius 2 is 2.15 bits per heavy atom. The van der Waals surface area contributed by atoms with Gasteiger partial charge >= 0.3 is 0 Å². The van der Waals surface area contributed by atoms with Crippen LogP contribution in [0.15, 0.2) is 35.7 Å². The van der Waals surface area contributed by atoms with E-state index in [-0.39, 0.29) is 5.03 Å². The van der Waals surface area contributed by atoms with Crippen LogP contribution in [0.5, 0.6) is 11.5 Å². The number of hydrogen-bond donors (Lipinski definition) is 2. The topological polar surface area (TPSA) is 93.3 Å². The lowest BCUT2D eigenvalue weighted by Crippen LogP contribution is -2.13. The van der Waals surface area contributed by atoms with Crippen molar-refractivity contribution in [1.29, 1.82) is 0 Å². The molecule has 2 aromatic rings. The molecule has 0 aliphatic carbocycles. The van der Waals surface area contributed by atoms with Crippen LogP contribution < -0.4 is 14.2 Å². The maximum Gasteiger partial charge on any atom is 0.278 e. The molecule has 0 amide bonds. The Bertz CT molecular complexity index is 668. The van der Waals surface area contributed by atoms with Crippen LogP contribution in [0.3, 0.4) is 0 Å². The molecule has 0 aliphatic heterocycles. The number of anilines is 1. The largest absolute Gasteiger partial charge is 0.493 e. The molecular weight excluding hydrogens is 282 g/mol. The molecule has 0 atom stereocenters. The van der Waals surface area contributed by atoms with Crippen molar-refractivity contribution in [2.45, 2.75) is 11.9 Å². The second-order valence-electron chi connectivity index (χ2n) is 3.82. The number of H-pyrrole nitrogens is 1. The number of nitrogens with zero attached hydrogens (tertiary/aromatic N) is 1. The predicted octanol–water partition coefficient (Wildman–Crippen LogP) is 1.62. The van der Waals surface area contributed by atoms with Gasteiger partial charge in [-0.3, -0.25) is 4.72 Å². The molecule has 0 radical (unpaired) electrons. The van der Waals surface area contributed by atoms with E-state index in [2.05, 4.69) is 14.7 Å². The average Bonchev–Trinajstić information content (AvgIpc) is 2.95. The van der Waals surface area contributed by atoms with E-state index in [4.69, 9.17) is 9.47 Å². The Kier molecular flexibility index (Phi) is 4.14. The molecule has 0 saturated heterocycles. The fourth-order valence-electron chi connectivity index (χ4n) is 1.61. The lowest BCUT2D eigenvalue weighted by Gasteiger charge is -2.12. The summed E-state index contributed by atoms with van der Waals surface area (Å²) in [6, 6.07) is 4.80. The standard InChI is InChI=1S/C12H15N3O4S/c1-3-19-10-5-4-9(6-11(10)18-2)15-20(16,17)12-7-13-8-14-12/h4-8,15H,3H2,1-2H3,(H,13,14). The summed E-state index contributed by atoms with van der Waals surface area (Å²) >= 11 is 0. The first-order valence-electron chi connectivity index (χ1n) is 5.89. The second-order valence-corrected chi connectivity index (χ2v) is 5.47. The fraction of sp³-hybridized carbons (Fsp3) is 0.250. The van der Waals surface area contributed by atoms with E-state index in [0.29, 0.717) is 23.8 Å². The molecule has 108 valence electrons. The molecule has 0 saturated carbocycles. The third-order valence-corrected chi connectivity index (χ3v) is 3.79. The highest BCUT2D eigenvalue weighted by Crippen LogP contribution is 2.30. The molecule has 0 bridgehead atoms. The van der Waals surface area contributed by atoms with Gasteiger partial charge in [-0.2, -0.15) is 8.42 Å². The highest BCUT2D eigenvalue weighted by atomic mass is 32.2. The average molecular weight is 297 g/mol. The molecule has 1 aromatic carbocycles. The van der Waals surface area contributed by atoms with Crippen LogP contribution in [-0.4, -0.2) is 32.1 Å². The van der Waals surface area contributed by atoms with Gasteiger partial charge < -0.3 is 14.5 Å². The number of imidazole rings is 1. The third kappa shape index (κ3) is 3.02. The number of benzene rings is 1. The van der Waals surface area contributed by atoms with E-state index in [1.54, 1.807) is 18.2 Å². The van der Waals surface area contributed by atoms with Crippen LogP contribution >= 0.6 is 0 Å². The number of aromatic nitrogens is 2. The lowest BCUT2D eigenvalue weighted by molar-refractivity contribution is 0.311. The molecule has 2 N–H and O–H groups in total. The summed E-state index contributed by atoms with van der Waals surface area (Å²) in [5.74, 6) is 1.01. The van der Waals surface area contributed by atoms with Gasteiger partial charge in [-0.05, 0) is 19.1 Å². The van der Waals surface area contributed by atoms with Gasteiger partial charge in [-0.25, -0.2) is 4.98 Å². The van der Waals surface area contributed by atoms with Gasteiger partial charge in [-0.15, -0.1) is 0 Å². The Hall–Kier alpha value is -2.22.